The number of benzene rings is 1. The summed E-state index contributed by atoms with van der Waals surface area (Å²) in [5, 5.41) is 11.5. The van der Waals surface area contributed by atoms with Crippen molar-refractivity contribution >= 4 is 27.3 Å². The average Bonchev–Trinajstić information content (AvgIpc) is 2.95. The van der Waals surface area contributed by atoms with E-state index in [0.29, 0.717) is 0 Å². The number of rotatable bonds is 2. The van der Waals surface area contributed by atoms with Crippen LogP contribution in [0.5, 0.6) is 0 Å². The molecule has 0 aliphatic heterocycles. The van der Waals surface area contributed by atoms with E-state index in [4.69, 9.17) is 5.11 Å². The van der Waals surface area contributed by atoms with Crippen molar-refractivity contribution in [3.8, 4) is 11.3 Å². The number of carbonyl (C=O) groups excluding carboxylic acids is 1. The summed E-state index contributed by atoms with van der Waals surface area (Å²) in [5.74, 6) is -0.0625. The summed E-state index contributed by atoms with van der Waals surface area (Å²) in [6, 6.07) is 13.1. The van der Waals surface area contributed by atoms with Crippen LogP contribution in [0, 0.1) is 6.07 Å². The minimum atomic E-state index is -0.125. The molecule has 23 heavy (non-hydrogen) atoms. The van der Waals surface area contributed by atoms with E-state index in [1.54, 1.807) is 17.7 Å². The van der Waals surface area contributed by atoms with Gasteiger partial charge in [0.15, 0.2) is 5.78 Å². The number of hydrogen-bond acceptors (Lipinski definition) is 5. The summed E-state index contributed by atoms with van der Waals surface area (Å²) in [4.78, 5) is 19.6. The van der Waals surface area contributed by atoms with Crippen molar-refractivity contribution in [3.05, 3.63) is 59.9 Å². The van der Waals surface area contributed by atoms with Crippen molar-refractivity contribution in [1.82, 2.24) is 9.97 Å². The molecule has 0 unspecified atom stereocenters. The fraction of sp³-hybridized carbons (Fsp3) is 0.118. The molecule has 3 rings (SSSR count). The first-order valence-electron chi connectivity index (χ1n) is 6.61. The molecule has 0 bridgehead atoms. The first-order chi connectivity index (χ1) is 10.6. The number of nitrogens with zero attached hydrogens (tertiary/aromatic N) is 2. The van der Waals surface area contributed by atoms with Gasteiger partial charge in [-0.3, -0.25) is 9.78 Å². The van der Waals surface area contributed by atoms with Crippen LogP contribution in [0.3, 0.4) is 0 Å². The van der Waals surface area contributed by atoms with Crippen LogP contribution < -0.4 is 0 Å². The Labute approximate surface area is 152 Å². The van der Waals surface area contributed by atoms with Crippen molar-refractivity contribution in [2.45, 2.75) is 13.8 Å². The molecule has 0 atom stereocenters. The van der Waals surface area contributed by atoms with Gasteiger partial charge in [-0.2, -0.15) is 0 Å². The number of carbonyl (C=O) groups is 1. The molecule has 4 nitrogen and oxygen atoms in total. The van der Waals surface area contributed by atoms with Gasteiger partial charge in [-0.15, -0.1) is 47.2 Å². The normalized spacial score (nSPS) is 10.4. The molecule has 0 spiro atoms. The standard InChI is InChI=1S/C12H7N2S.C5H8O2.Ir/c1-2-4-9(5-3-1)11-10-6-7-15-12(10)14-8-13-11;1-4(6)3-5(2)7;/h1-4,6-8H;3,6H,1-2H3;/q-1;;. The maximum atomic E-state index is 10.0. The molecule has 1 N–H and O–H groups in total. The Morgan fingerprint density at radius 3 is 2.61 bits per heavy atom. The number of fused-ring (bicyclic) bond motifs is 1. The Balaban J connectivity index is 0.000000287. The molecule has 0 aliphatic carbocycles. The van der Waals surface area contributed by atoms with Crippen LogP contribution >= 0.6 is 11.3 Å². The minimum absolute atomic E-state index is 0. The molecule has 3 aromatic rings. The third-order valence-corrected chi connectivity index (χ3v) is 3.46. The number of hydrogen-bond donors (Lipinski definition) is 1. The fourth-order valence-electron chi connectivity index (χ4n) is 1.84. The zero-order valence-electron chi connectivity index (χ0n) is 12.6. The number of allylic oxidation sites excluding steroid dienone is 2. The van der Waals surface area contributed by atoms with E-state index < -0.39 is 0 Å². The molecule has 0 aliphatic rings. The summed E-state index contributed by atoms with van der Waals surface area (Å²) in [6.45, 7) is 2.85. The number of aliphatic hydroxyl groups is 1. The molecule has 0 saturated heterocycles. The number of ketones is 1. The van der Waals surface area contributed by atoms with Gasteiger partial charge in [0.05, 0.1) is 5.76 Å². The van der Waals surface area contributed by atoms with Gasteiger partial charge >= 0.3 is 0 Å². The maximum Gasteiger partial charge on any atom is 0.155 e. The van der Waals surface area contributed by atoms with Gasteiger partial charge in [0.1, 0.15) is 11.2 Å². The Morgan fingerprint density at radius 1 is 1.26 bits per heavy atom. The van der Waals surface area contributed by atoms with Crippen molar-refractivity contribution in [2.75, 3.05) is 0 Å². The van der Waals surface area contributed by atoms with E-state index in [0.717, 1.165) is 21.5 Å². The molecule has 1 aromatic carbocycles. The van der Waals surface area contributed by atoms with Crippen molar-refractivity contribution in [3.63, 3.8) is 0 Å². The van der Waals surface area contributed by atoms with Crippen LogP contribution in [0.4, 0.5) is 0 Å². The molecular formula is C17H15IrN2O2S-. The van der Waals surface area contributed by atoms with Gasteiger partial charge in [-0.25, -0.2) is 4.98 Å². The predicted octanol–water partition coefficient (Wildman–Crippen LogP) is 4.19. The SMILES string of the molecule is CC(=O)C=C(C)O.[Ir].[c-]1ccccc1-c1ncnc2sccc12. The van der Waals surface area contributed by atoms with Crippen molar-refractivity contribution in [1.29, 1.82) is 0 Å². The second-order valence-electron chi connectivity index (χ2n) is 4.53. The molecule has 0 fully saturated rings. The second kappa shape index (κ2) is 9.30. The maximum absolute atomic E-state index is 10.0. The number of thiophene rings is 1. The molecule has 6 heteroatoms. The van der Waals surface area contributed by atoms with Crippen LogP contribution in [0.1, 0.15) is 13.8 Å². The molecule has 121 valence electrons. The van der Waals surface area contributed by atoms with Gasteiger partial charge < -0.3 is 5.11 Å². The van der Waals surface area contributed by atoms with Gasteiger partial charge in [-0.1, -0.05) is 0 Å². The van der Waals surface area contributed by atoms with E-state index in [1.807, 2.05) is 29.6 Å². The Bertz CT molecular complexity index is 796. The number of aliphatic hydroxyl groups excluding tert-OH is 1. The summed E-state index contributed by atoms with van der Waals surface area (Å²) < 4.78 is 0. The largest absolute Gasteiger partial charge is 0.512 e. The van der Waals surface area contributed by atoms with Gasteiger partial charge in [-0.05, 0) is 36.4 Å². The first-order valence-corrected chi connectivity index (χ1v) is 7.49. The van der Waals surface area contributed by atoms with E-state index in [-0.39, 0.29) is 31.6 Å². The molecule has 2 heterocycles. The van der Waals surface area contributed by atoms with Crippen LogP contribution in [0.15, 0.2) is 53.9 Å². The summed E-state index contributed by atoms with van der Waals surface area (Å²) in [7, 11) is 0. The third-order valence-electron chi connectivity index (χ3n) is 2.64. The molecule has 0 saturated carbocycles. The zero-order valence-corrected chi connectivity index (χ0v) is 15.8. The quantitative estimate of drug-likeness (QED) is 0.324. The average molecular weight is 504 g/mol. The summed E-state index contributed by atoms with van der Waals surface area (Å²) >= 11 is 1.63. The molecule has 2 aromatic heterocycles. The molecule has 1 radical (unpaired) electrons. The summed E-state index contributed by atoms with van der Waals surface area (Å²) in [6.07, 6.45) is 2.77. The predicted molar refractivity (Wildman–Crippen MR) is 88.8 cm³/mol. The molecule has 0 amide bonds. The summed E-state index contributed by atoms with van der Waals surface area (Å²) in [5.41, 5.74) is 1.98. The Kier molecular flexibility index (Phi) is 7.75. The van der Waals surface area contributed by atoms with E-state index in [2.05, 4.69) is 22.1 Å². The van der Waals surface area contributed by atoms with Crippen LogP contribution in [-0.4, -0.2) is 20.9 Å². The van der Waals surface area contributed by atoms with Crippen molar-refractivity contribution in [2.24, 2.45) is 0 Å². The zero-order chi connectivity index (χ0) is 15.9. The monoisotopic (exact) mass is 504 g/mol. The van der Waals surface area contributed by atoms with Gasteiger partial charge in [0, 0.05) is 26.2 Å². The Morgan fingerprint density at radius 2 is 2.04 bits per heavy atom. The van der Waals surface area contributed by atoms with Crippen molar-refractivity contribution < 1.29 is 30.0 Å². The first kappa shape index (κ1) is 19.2. The topological polar surface area (TPSA) is 63.1 Å². The van der Waals surface area contributed by atoms with E-state index in [9.17, 15) is 4.79 Å². The van der Waals surface area contributed by atoms with Gasteiger partial charge in [0.2, 0.25) is 0 Å². The fourth-order valence-corrected chi connectivity index (χ4v) is 2.57. The van der Waals surface area contributed by atoms with Gasteiger partial charge in [0.25, 0.3) is 0 Å². The van der Waals surface area contributed by atoms with E-state index in [1.165, 1.54) is 19.9 Å². The Hall–Kier alpha value is -1.88. The minimum Gasteiger partial charge on any atom is -0.512 e. The van der Waals surface area contributed by atoms with E-state index >= 15 is 0 Å². The van der Waals surface area contributed by atoms with Crippen LogP contribution in [-0.2, 0) is 24.9 Å². The van der Waals surface area contributed by atoms with Crippen LogP contribution in [0.25, 0.3) is 21.5 Å². The second-order valence-corrected chi connectivity index (χ2v) is 5.43. The third kappa shape index (κ3) is 5.67. The van der Waals surface area contributed by atoms with Crippen LogP contribution in [0.2, 0.25) is 0 Å². The smallest absolute Gasteiger partial charge is 0.155 e. The molecular weight excluding hydrogens is 488 g/mol. The number of aromatic nitrogens is 2.